The summed E-state index contributed by atoms with van der Waals surface area (Å²) in [5.74, 6) is -0.541. The van der Waals surface area contributed by atoms with Crippen LogP contribution in [0.3, 0.4) is 0 Å². The molecule has 3 rings (SSSR count). The molecule has 2 unspecified atom stereocenters. The van der Waals surface area contributed by atoms with Crippen molar-refractivity contribution in [3.8, 4) is 5.75 Å². The van der Waals surface area contributed by atoms with Gasteiger partial charge in [0.2, 0.25) is 5.91 Å². The topological polar surface area (TPSA) is 87.7 Å². The number of imide groups is 1. The Morgan fingerprint density at radius 1 is 1.33 bits per heavy atom. The van der Waals surface area contributed by atoms with Crippen LogP contribution in [-0.4, -0.2) is 48.0 Å². The van der Waals surface area contributed by atoms with Gasteiger partial charge in [-0.3, -0.25) is 14.5 Å². The zero-order valence-corrected chi connectivity index (χ0v) is 15.3. The van der Waals surface area contributed by atoms with Gasteiger partial charge in [0, 0.05) is 0 Å². The fraction of sp³-hybridized carbons (Fsp3) is 0.526. The van der Waals surface area contributed by atoms with Gasteiger partial charge >= 0.3 is 6.03 Å². The molecule has 2 fully saturated rings. The zero-order chi connectivity index (χ0) is 19.4. The number of halogens is 1. The molecule has 2 atom stereocenters. The molecule has 8 heteroatoms. The van der Waals surface area contributed by atoms with Crippen molar-refractivity contribution in [3.63, 3.8) is 0 Å². The maximum absolute atomic E-state index is 12.8. The number of nitrogens with one attached hydrogen (secondary N) is 2. The Morgan fingerprint density at radius 3 is 2.78 bits per heavy atom. The SMILES string of the molecule is CC1CCCCC12NC(=O)N(CC(=O)NCCOc1ccc(F)cc1)C2=O. The van der Waals surface area contributed by atoms with E-state index in [1.165, 1.54) is 24.3 Å². The monoisotopic (exact) mass is 377 g/mol. The minimum atomic E-state index is -0.860. The molecule has 4 amide bonds. The van der Waals surface area contributed by atoms with Gasteiger partial charge in [-0.15, -0.1) is 0 Å². The summed E-state index contributed by atoms with van der Waals surface area (Å²) in [5, 5.41) is 5.44. The molecule has 1 aliphatic carbocycles. The second kappa shape index (κ2) is 7.94. The van der Waals surface area contributed by atoms with Gasteiger partial charge in [-0.05, 0) is 43.0 Å². The van der Waals surface area contributed by atoms with Crippen LogP contribution in [0, 0.1) is 11.7 Å². The summed E-state index contributed by atoms with van der Waals surface area (Å²) in [6.45, 7) is 2.06. The maximum atomic E-state index is 12.8. The fourth-order valence-corrected chi connectivity index (χ4v) is 3.73. The van der Waals surface area contributed by atoms with Crippen LogP contribution in [0.4, 0.5) is 9.18 Å². The lowest BCUT2D eigenvalue weighted by molar-refractivity contribution is -0.137. The zero-order valence-electron chi connectivity index (χ0n) is 15.3. The number of benzene rings is 1. The average Bonchev–Trinajstić information content (AvgIpc) is 2.88. The summed E-state index contributed by atoms with van der Waals surface area (Å²) in [6.07, 6.45) is 3.42. The van der Waals surface area contributed by atoms with Crippen molar-refractivity contribution in [1.29, 1.82) is 0 Å². The number of carbonyl (C=O) groups is 3. The molecule has 1 saturated heterocycles. The summed E-state index contributed by atoms with van der Waals surface area (Å²) in [6, 6.07) is 5.05. The number of carbonyl (C=O) groups excluding carboxylic acids is 3. The van der Waals surface area contributed by atoms with Crippen LogP contribution in [0.25, 0.3) is 0 Å². The Bertz CT molecular complexity index is 724. The highest BCUT2D eigenvalue weighted by Gasteiger charge is 2.55. The molecule has 27 heavy (non-hydrogen) atoms. The third kappa shape index (κ3) is 4.04. The molecular formula is C19H24FN3O4. The minimum absolute atomic E-state index is 0.0554. The summed E-state index contributed by atoms with van der Waals surface area (Å²) in [5.41, 5.74) is -0.860. The molecule has 1 spiro atoms. The Hall–Kier alpha value is -2.64. The van der Waals surface area contributed by atoms with E-state index in [4.69, 9.17) is 4.74 Å². The van der Waals surface area contributed by atoms with Gasteiger partial charge in [0.1, 0.15) is 30.3 Å². The van der Waals surface area contributed by atoms with Crippen LogP contribution in [0.1, 0.15) is 32.6 Å². The van der Waals surface area contributed by atoms with Gasteiger partial charge in [-0.1, -0.05) is 19.8 Å². The molecule has 1 aromatic carbocycles. The largest absolute Gasteiger partial charge is 0.492 e. The molecule has 0 aromatic heterocycles. The van der Waals surface area contributed by atoms with E-state index in [1.807, 2.05) is 6.92 Å². The summed E-state index contributed by atoms with van der Waals surface area (Å²) in [4.78, 5) is 38.1. The smallest absolute Gasteiger partial charge is 0.325 e. The molecule has 1 heterocycles. The Labute approximate surface area is 157 Å². The van der Waals surface area contributed by atoms with Crippen molar-refractivity contribution in [1.82, 2.24) is 15.5 Å². The van der Waals surface area contributed by atoms with E-state index in [0.717, 1.165) is 24.2 Å². The first kappa shape index (κ1) is 19.1. The molecule has 0 bridgehead atoms. The summed E-state index contributed by atoms with van der Waals surface area (Å²) >= 11 is 0. The molecule has 146 valence electrons. The quantitative estimate of drug-likeness (QED) is 0.585. The highest BCUT2D eigenvalue weighted by atomic mass is 19.1. The van der Waals surface area contributed by atoms with Gasteiger partial charge in [0.25, 0.3) is 5.91 Å². The van der Waals surface area contributed by atoms with Crippen molar-refractivity contribution in [3.05, 3.63) is 30.1 Å². The van der Waals surface area contributed by atoms with Gasteiger partial charge in [-0.25, -0.2) is 9.18 Å². The standard InChI is InChI=1S/C19H24FN3O4/c1-13-4-2-3-9-19(13)17(25)23(18(26)22-19)12-16(24)21-10-11-27-15-7-5-14(20)6-8-15/h5-8,13H,2-4,9-12H2,1H3,(H,21,24)(H,22,26). The molecule has 1 aliphatic heterocycles. The van der Waals surface area contributed by atoms with E-state index in [1.54, 1.807) is 0 Å². The summed E-state index contributed by atoms with van der Waals surface area (Å²) < 4.78 is 18.2. The highest BCUT2D eigenvalue weighted by molar-refractivity contribution is 6.09. The molecule has 0 radical (unpaired) electrons. The van der Waals surface area contributed by atoms with Crippen LogP contribution in [0.2, 0.25) is 0 Å². The molecule has 1 saturated carbocycles. The normalized spacial score (nSPS) is 24.8. The van der Waals surface area contributed by atoms with Gasteiger partial charge in [0.05, 0.1) is 6.54 Å². The van der Waals surface area contributed by atoms with Crippen LogP contribution in [0.15, 0.2) is 24.3 Å². The van der Waals surface area contributed by atoms with Crippen molar-refractivity contribution < 1.29 is 23.5 Å². The third-order valence-electron chi connectivity index (χ3n) is 5.31. The number of urea groups is 1. The van der Waals surface area contributed by atoms with Crippen molar-refractivity contribution in [2.45, 2.75) is 38.1 Å². The van der Waals surface area contributed by atoms with Gasteiger partial charge in [-0.2, -0.15) is 0 Å². The van der Waals surface area contributed by atoms with Gasteiger partial charge < -0.3 is 15.4 Å². The number of nitrogens with zero attached hydrogens (tertiary/aromatic N) is 1. The first-order chi connectivity index (χ1) is 12.9. The predicted octanol–water partition coefficient (Wildman–Crippen LogP) is 1.82. The predicted molar refractivity (Wildman–Crippen MR) is 95.5 cm³/mol. The number of hydrogen-bond donors (Lipinski definition) is 2. The van der Waals surface area contributed by atoms with Crippen molar-refractivity contribution >= 4 is 17.8 Å². The van der Waals surface area contributed by atoms with E-state index in [-0.39, 0.29) is 37.3 Å². The lowest BCUT2D eigenvalue weighted by Gasteiger charge is -2.36. The lowest BCUT2D eigenvalue weighted by atomic mass is 9.73. The number of amides is 4. The Balaban J connectivity index is 1.47. The second-order valence-electron chi connectivity index (χ2n) is 7.09. The van der Waals surface area contributed by atoms with Crippen molar-refractivity contribution in [2.24, 2.45) is 5.92 Å². The fourth-order valence-electron chi connectivity index (χ4n) is 3.73. The van der Waals surface area contributed by atoms with E-state index in [9.17, 15) is 18.8 Å². The highest BCUT2D eigenvalue weighted by Crippen LogP contribution is 2.38. The minimum Gasteiger partial charge on any atom is -0.492 e. The molecule has 2 N–H and O–H groups in total. The van der Waals surface area contributed by atoms with E-state index in [0.29, 0.717) is 12.2 Å². The molecule has 7 nitrogen and oxygen atoms in total. The van der Waals surface area contributed by atoms with Crippen LogP contribution >= 0.6 is 0 Å². The third-order valence-corrected chi connectivity index (χ3v) is 5.31. The van der Waals surface area contributed by atoms with Gasteiger partial charge in [0.15, 0.2) is 0 Å². The van der Waals surface area contributed by atoms with Crippen LogP contribution < -0.4 is 15.4 Å². The lowest BCUT2D eigenvalue weighted by Crippen LogP contribution is -2.54. The first-order valence-corrected chi connectivity index (χ1v) is 9.21. The number of ether oxygens (including phenoxy) is 1. The number of rotatable bonds is 6. The summed E-state index contributed by atoms with van der Waals surface area (Å²) in [7, 11) is 0. The molecule has 1 aromatic rings. The van der Waals surface area contributed by atoms with E-state index < -0.39 is 17.5 Å². The number of hydrogen-bond acceptors (Lipinski definition) is 4. The Morgan fingerprint density at radius 2 is 2.07 bits per heavy atom. The Kier molecular flexibility index (Phi) is 5.62. The first-order valence-electron chi connectivity index (χ1n) is 9.21. The molecule has 2 aliphatic rings. The van der Waals surface area contributed by atoms with Crippen LogP contribution in [-0.2, 0) is 9.59 Å². The molecular weight excluding hydrogens is 353 g/mol. The maximum Gasteiger partial charge on any atom is 0.325 e. The van der Waals surface area contributed by atoms with E-state index >= 15 is 0 Å². The van der Waals surface area contributed by atoms with Crippen LogP contribution in [0.5, 0.6) is 5.75 Å². The van der Waals surface area contributed by atoms with E-state index in [2.05, 4.69) is 10.6 Å². The average molecular weight is 377 g/mol. The second-order valence-corrected chi connectivity index (χ2v) is 7.09. The van der Waals surface area contributed by atoms with Crippen molar-refractivity contribution in [2.75, 3.05) is 19.7 Å².